The number of aromatic carboxylic acids is 1. The summed E-state index contributed by atoms with van der Waals surface area (Å²) in [6.45, 7) is 0. The molecule has 0 saturated carbocycles. The van der Waals surface area contributed by atoms with Gasteiger partial charge in [0.15, 0.2) is 0 Å². The highest BCUT2D eigenvalue weighted by molar-refractivity contribution is 7.14. The van der Waals surface area contributed by atoms with Crippen LogP contribution >= 0.6 is 11.3 Å². The molecular weight excluding hydrogens is 293 g/mol. The van der Waals surface area contributed by atoms with Crippen LogP contribution in [0.1, 0.15) is 36.9 Å². The fraction of sp³-hybridized carbons (Fsp3) is 0.200. The number of carboxylic acids is 1. The van der Waals surface area contributed by atoms with Gasteiger partial charge < -0.3 is 10.4 Å². The van der Waals surface area contributed by atoms with E-state index in [0.29, 0.717) is 4.88 Å². The minimum atomic E-state index is -1.21. The highest BCUT2D eigenvalue weighted by Crippen LogP contribution is 2.31. The number of thiophene rings is 1. The first-order valence-corrected chi connectivity index (χ1v) is 7.32. The number of aryl methyl sites for hydroxylation is 2. The Kier molecular flexibility index (Phi) is 3.47. The van der Waals surface area contributed by atoms with Gasteiger partial charge in [0.1, 0.15) is 5.82 Å². The monoisotopic (exact) mass is 305 g/mol. The fourth-order valence-corrected chi connectivity index (χ4v) is 3.52. The van der Waals surface area contributed by atoms with Crippen LogP contribution in [-0.2, 0) is 12.8 Å². The van der Waals surface area contributed by atoms with E-state index in [1.807, 2.05) is 6.07 Å². The van der Waals surface area contributed by atoms with Crippen molar-refractivity contribution in [1.29, 1.82) is 0 Å². The molecule has 1 aromatic heterocycles. The lowest BCUT2D eigenvalue weighted by Gasteiger charge is -2.06. The molecule has 0 aliphatic heterocycles. The first kappa shape index (κ1) is 13.8. The van der Waals surface area contributed by atoms with Crippen LogP contribution in [0, 0.1) is 5.82 Å². The highest BCUT2D eigenvalue weighted by Gasteiger charge is 2.19. The van der Waals surface area contributed by atoms with Crippen molar-refractivity contribution in [3.05, 3.63) is 51.0 Å². The number of nitrogens with one attached hydrogen (secondary N) is 1. The molecule has 0 radical (unpaired) electrons. The van der Waals surface area contributed by atoms with E-state index in [4.69, 9.17) is 5.11 Å². The van der Waals surface area contributed by atoms with Gasteiger partial charge in [-0.15, -0.1) is 11.3 Å². The maximum atomic E-state index is 13.8. The summed E-state index contributed by atoms with van der Waals surface area (Å²) in [6, 6.07) is 5.27. The molecule has 21 heavy (non-hydrogen) atoms. The van der Waals surface area contributed by atoms with Crippen molar-refractivity contribution in [2.75, 3.05) is 5.32 Å². The lowest BCUT2D eigenvalue weighted by atomic mass is 10.2. The highest BCUT2D eigenvalue weighted by atomic mass is 32.1. The Hall–Kier alpha value is -2.21. The topological polar surface area (TPSA) is 66.4 Å². The van der Waals surface area contributed by atoms with Crippen molar-refractivity contribution in [3.8, 4) is 0 Å². The van der Waals surface area contributed by atoms with E-state index in [0.717, 1.165) is 25.3 Å². The van der Waals surface area contributed by atoms with Gasteiger partial charge in [-0.25, -0.2) is 9.18 Å². The summed E-state index contributed by atoms with van der Waals surface area (Å²) >= 11 is 1.43. The quantitative estimate of drug-likeness (QED) is 0.914. The number of hydrogen-bond donors (Lipinski definition) is 2. The van der Waals surface area contributed by atoms with Crippen LogP contribution in [0.2, 0.25) is 0 Å². The summed E-state index contributed by atoms with van der Waals surface area (Å²) in [6.07, 6.45) is 3.10. The zero-order valence-electron chi connectivity index (χ0n) is 11.0. The van der Waals surface area contributed by atoms with Crippen LogP contribution < -0.4 is 5.32 Å². The Bertz CT molecular complexity index is 717. The second-order valence-corrected chi connectivity index (χ2v) is 6.00. The van der Waals surface area contributed by atoms with E-state index >= 15 is 0 Å². The average molecular weight is 305 g/mol. The Morgan fingerprint density at radius 1 is 1.24 bits per heavy atom. The number of fused-ring (bicyclic) bond motifs is 1. The summed E-state index contributed by atoms with van der Waals surface area (Å²) in [5.74, 6) is -2.33. The molecule has 0 fully saturated rings. The largest absolute Gasteiger partial charge is 0.478 e. The predicted molar refractivity (Wildman–Crippen MR) is 77.7 cm³/mol. The smallest absolute Gasteiger partial charge is 0.335 e. The number of amides is 1. The number of carbonyl (C=O) groups is 2. The molecule has 0 saturated heterocycles. The molecule has 108 valence electrons. The molecule has 0 unspecified atom stereocenters. The van der Waals surface area contributed by atoms with E-state index in [1.54, 1.807) is 0 Å². The maximum Gasteiger partial charge on any atom is 0.335 e. The van der Waals surface area contributed by atoms with Crippen molar-refractivity contribution < 1.29 is 19.1 Å². The molecule has 1 aromatic carbocycles. The standard InChI is InChI=1S/C15H12FNO3S/c16-10-6-9(15(19)20)4-5-11(10)17-14(18)13-7-8-2-1-3-12(8)21-13/h4-7H,1-3H2,(H,17,18)(H,19,20). The molecule has 1 amide bonds. The third kappa shape index (κ3) is 2.67. The number of benzene rings is 1. The Morgan fingerprint density at radius 3 is 2.71 bits per heavy atom. The molecule has 0 bridgehead atoms. The van der Waals surface area contributed by atoms with E-state index < -0.39 is 11.8 Å². The maximum absolute atomic E-state index is 13.8. The number of anilines is 1. The van der Waals surface area contributed by atoms with E-state index in [1.165, 1.54) is 33.9 Å². The molecule has 1 aliphatic rings. The van der Waals surface area contributed by atoms with E-state index in [-0.39, 0.29) is 17.2 Å². The van der Waals surface area contributed by atoms with Gasteiger partial charge in [-0.3, -0.25) is 4.79 Å². The van der Waals surface area contributed by atoms with Gasteiger partial charge >= 0.3 is 5.97 Å². The second-order valence-electron chi connectivity index (χ2n) is 4.87. The molecule has 2 aromatic rings. The Balaban J connectivity index is 1.79. The van der Waals surface area contributed by atoms with Gasteiger partial charge in [0, 0.05) is 4.88 Å². The second kappa shape index (κ2) is 5.29. The summed E-state index contributed by atoms with van der Waals surface area (Å²) < 4.78 is 13.8. The minimum Gasteiger partial charge on any atom is -0.478 e. The third-order valence-electron chi connectivity index (χ3n) is 3.43. The number of hydrogen-bond acceptors (Lipinski definition) is 3. The lowest BCUT2D eigenvalue weighted by Crippen LogP contribution is -2.12. The first-order chi connectivity index (χ1) is 10.0. The summed E-state index contributed by atoms with van der Waals surface area (Å²) in [7, 11) is 0. The number of halogens is 1. The van der Waals surface area contributed by atoms with Crippen molar-refractivity contribution in [2.45, 2.75) is 19.3 Å². The van der Waals surface area contributed by atoms with Crippen LogP contribution in [0.5, 0.6) is 0 Å². The molecule has 1 aliphatic carbocycles. The van der Waals surface area contributed by atoms with Gasteiger partial charge in [0.05, 0.1) is 16.1 Å². The molecule has 0 spiro atoms. The zero-order chi connectivity index (χ0) is 15.0. The van der Waals surface area contributed by atoms with Gasteiger partial charge in [-0.2, -0.15) is 0 Å². The molecule has 2 N–H and O–H groups in total. The third-order valence-corrected chi connectivity index (χ3v) is 4.67. The Morgan fingerprint density at radius 2 is 2.05 bits per heavy atom. The predicted octanol–water partition coefficient (Wildman–Crippen LogP) is 3.33. The summed E-state index contributed by atoms with van der Waals surface area (Å²) in [4.78, 5) is 24.6. The van der Waals surface area contributed by atoms with Gasteiger partial charge in [0.2, 0.25) is 0 Å². The SMILES string of the molecule is O=C(O)c1ccc(NC(=O)c2cc3c(s2)CCC3)c(F)c1. The van der Waals surface area contributed by atoms with E-state index in [9.17, 15) is 14.0 Å². The van der Waals surface area contributed by atoms with Crippen LogP contribution in [0.3, 0.4) is 0 Å². The van der Waals surface area contributed by atoms with Crippen molar-refractivity contribution in [3.63, 3.8) is 0 Å². The molecule has 0 atom stereocenters. The summed E-state index contributed by atoms with van der Waals surface area (Å²) in [5.41, 5.74) is 1.03. The van der Waals surface area contributed by atoms with Crippen molar-refractivity contribution in [2.24, 2.45) is 0 Å². The normalized spacial score (nSPS) is 13.0. The molecular formula is C15H12FNO3S. The van der Waals surface area contributed by atoms with Crippen LogP contribution in [0.15, 0.2) is 24.3 Å². The zero-order valence-corrected chi connectivity index (χ0v) is 11.8. The van der Waals surface area contributed by atoms with Crippen LogP contribution in [0.25, 0.3) is 0 Å². The fourth-order valence-electron chi connectivity index (χ4n) is 2.37. The van der Waals surface area contributed by atoms with Crippen LogP contribution in [0.4, 0.5) is 10.1 Å². The van der Waals surface area contributed by atoms with Crippen LogP contribution in [-0.4, -0.2) is 17.0 Å². The number of carbonyl (C=O) groups excluding carboxylic acids is 1. The molecule has 1 heterocycles. The lowest BCUT2D eigenvalue weighted by molar-refractivity contribution is 0.0696. The van der Waals surface area contributed by atoms with Gasteiger partial charge in [0.25, 0.3) is 5.91 Å². The number of rotatable bonds is 3. The number of carboxylic acid groups (broad SMARTS) is 1. The average Bonchev–Trinajstić information content (AvgIpc) is 3.01. The van der Waals surface area contributed by atoms with E-state index in [2.05, 4.69) is 5.32 Å². The van der Waals surface area contributed by atoms with Gasteiger partial charge in [-0.1, -0.05) is 0 Å². The molecule has 3 rings (SSSR count). The Labute approximate surface area is 124 Å². The molecule has 4 nitrogen and oxygen atoms in total. The summed E-state index contributed by atoms with van der Waals surface area (Å²) in [5, 5.41) is 11.3. The first-order valence-electron chi connectivity index (χ1n) is 6.50. The van der Waals surface area contributed by atoms with Crippen molar-refractivity contribution >= 4 is 28.9 Å². The van der Waals surface area contributed by atoms with Crippen molar-refractivity contribution in [1.82, 2.24) is 0 Å². The van der Waals surface area contributed by atoms with Gasteiger partial charge in [-0.05, 0) is 49.1 Å². The molecule has 6 heteroatoms. The minimum absolute atomic E-state index is 0.0152.